The lowest BCUT2D eigenvalue weighted by Crippen LogP contribution is -2.45. The van der Waals surface area contributed by atoms with E-state index < -0.39 is 36.7 Å². The number of rotatable bonds is 8. The van der Waals surface area contributed by atoms with E-state index in [9.17, 15) is 18.4 Å². The SMILES string of the molecule is CCC(Cc1ccccc1Br)C(=O)NC(CC(F)F)C(=O)O. The van der Waals surface area contributed by atoms with E-state index >= 15 is 0 Å². The number of benzene rings is 1. The summed E-state index contributed by atoms with van der Waals surface area (Å²) in [4.78, 5) is 23.1. The second-order valence-corrected chi connectivity index (χ2v) is 5.78. The molecule has 0 bridgehead atoms. The van der Waals surface area contributed by atoms with E-state index in [1.54, 1.807) is 6.92 Å². The van der Waals surface area contributed by atoms with E-state index in [4.69, 9.17) is 5.11 Å². The van der Waals surface area contributed by atoms with Crippen LogP contribution >= 0.6 is 15.9 Å². The van der Waals surface area contributed by atoms with Crippen LogP contribution in [0.2, 0.25) is 0 Å². The van der Waals surface area contributed by atoms with E-state index in [1.165, 1.54) is 0 Å². The lowest BCUT2D eigenvalue weighted by Gasteiger charge is -2.19. The normalized spacial score (nSPS) is 13.7. The summed E-state index contributed by atoms with van der Waals surface area (Å²) in [5.41, 5.74) is 0.908. The molecular weight excluding hydrogens is 360 g/mol. The van der Waals surface area contributed by atoms with Gasteiger partial charge >= 0.3 is 5.97 Å². The average molecular weight is 378 g/mol. The zero-order valence-corrected chi connectivity index (χ0v) is 13.6. The Morgan fingerprint density at radius 3 is 2.45 bits per heavy atom. The molecule has 1 amide bonds. The molecule has 0 saturated heterocycles. The molecule has 1 aromatic rings. The Bertz CT molecular complexity index is 525. The van der Waals surface area contributed by atoms with Crippen molar-refractivity contribution in [2.45, 2.75) is 38.7 Å². The molecule has 2 unspecified atom stereocenters. The highest BCUT2D eigenvalue weighted by atomic mass is 79.9. The molecule has 0 aliphatic carbocycles. The maximum absolute atomic E-state index is 12.4. The number of carbonyl (C=O) groups excluding carboxylic acids is 1. The molecule has 7 heteroatoms. The predicted octanol–water partition coefficient (Wildman–Crippen LogP) is 3.24. The van der Waals surface area contributed by atoms with Crippen molar-refractivity contribution in [3.8, 4) is 0 Å². The van der Waals surface area contributed by atoms with Gasteiger partial charge in [-0.3, -0.25) is 4.79 Å². The van der Waals surface area contributed by atoms with Crippen molar-refractivity contribution < 1.29 is 23.5 Å². The molecule has 0 spiro atoms. The van der Waals surface area contributed by atoms with Crippen LogP contribution in [0.15, 0.2) is 28.7 Å². The predicted molar refractivity (Wildman–Crippen MR) is 81.8 cm³/mol. The number of amides is 1. The van der Waals surface area contributed by atoms with Gasteiger partial charge in [-0.05, 0) is 24.5 Å². The van der Waals surface area contributed by atoms with Crippen LogP contribution in [-0.4, -0.2) is 29.5 Å². The van der Waals surface area contributed by atoms with Gasteiger partial charge in [0, 0.05) is 16.8 Å². The number of hydrogen-bond acceptors (Lipinski definition) is 2. The third-order valence-corrected chi connectivity index (χ3v) is 4.09. The van der Waals surface area contributed by atoms with Crippen molar-refractivity contribution in [3.63, 3.8) is 0 Å². The fourth-order valence-electron chi connectivity index (χ4n) is 2.04. The molecular formula is C15H18BrF2NO3. The molecule has 0 fully saturated rings. The largest absolute Gasteiger partial charge is 0.480 e. The van der Waals surface area contributed by atoms with E-state index in [0.717, 1.165) is 10.0 Å². The molecule has 2 N–H and O–H groups in total. The Balaban J connectivity index is 2.75. The number of hydrogen-bond donors (Lipinski definition) is 2. The summed E-state index contributed by atoms with van der Waals surface area (Å²) in [6.45, 7) is 1.80. The Kier molecular flexibility index (Phi) is 7.44. The topological polar surface area (TPSA) is 66.4 Å². The number of carboxylic acids is 1. The van der Waals surface area contributed by atoms with Crippen LogP contribution < -0.4 is 5.32 Å². The van der Waals surface area contributed by atoms with Crippen molar-refractivity contribution >= 4 is 27.8 Å². The first-order chi connectivity index (χ1) is 10.3. The molecule has 122 valence electrons. The second-order valence-electron chi connectivity index (χ2n) is 4.93. The summed E-state index contributed by atoms with van der Waals surface area (Å²) >= 11 is 3.38. The Morgan fingerprint density at radius 2 is 1.95 bits per heavy atom. The molecule has 0 saturated carbocycles. The Labute approximate surface area is 136 Å². The zero-order chi connectivity index (χ0) is 16.7. The van der Waals surface area contributed by atoms with Crippen molar-refractivity contribution in [1.82, 2.24) is 5.32 Å². The third kappa shape index (κ3) is 5.71. The number of nitrogens with one attached hydrogen (secondary N) is 1. The third-order valence-electron chi connectivity index (χ3n) is 3.32. The number of alkyl halides is 2. The minimum absolute atomic E-state index is 0.408. The minimum atomic E-state index is -2.79. The van der Waals surface area contributed by atoms with Crippen molar-refractivity contribution in [1.29, 1.82) is 0 Å². The van der Waals surface area contributed by atoms with E-state index in [2.05, 4.69) is 21.2 Å². The van der Waals surface area contributed by atoms with Crippen molar-refractivity contribution in [2.24, 2.45) is 5.92 Å². The fraction of sp³-hybridized carbons (Fsp3) is 0.467. The Morgan fingerprint density at radius 1 is 1.32 bits per heavy atom. The van der Waals surface area contributed by atoms with Gasteiger partial charge in [0.05, 0.1) is 0 Å². The number of carboxylic acid groups (broad SMARTS) is 1. The summed E-state index contributed by atoms with van der Waals surface area (Å²) in [6, 6.07) is 5.81. The molecule has 0 radical (unpaired) electrons. The first kappa shape index (κ1) is 18.5. The molecule has 4 nitrogen and oxygen atoms in total. The summed E-state index contributed by atoms with van der Waals surface area (Å²) in [6.07, 6.45) is -2.80. The Hall–Kier alpha value is -1.50. The van der Waals surface area contributed by atoms with Gasteiger partial charge in [0.2, 0.25) is 12.3 Å². The number of aliphatic carboxylic acids is 1. The summed E-state index contributed by atoms with van der Waals surface area (Å²) < 4.78 is 25.6. The molecule has 1 aromatic carbocycles. The highest BCUT2D eigenvalue weighted by Crippen LogP contribution is 2.21. The van der Waals surface area contributed by atoms with E-state index in [0.29, 0.717) is 12.8 Å². The van der Waals surface area contributed by atoms with Crippen LogP contribution in [-0.2, 0) is 16.0 Å². The van der Waals surface area contributed by atoms with Gasteiger partial charge in [0.25, 0.3) is 0 Å². The summed E-state index contributed by atoms with van der Waals surface area (Å²) in [7, 11) is 0. The average Bonchev–Trinajstić information content (AvgIpc) is 2.45. The van der Waals surface area contributed by atoms with Gasteiger partial charge in [-0.25, -0.2) is 13.6 Å². The first-order valence-corrected chi connectivity index (χ1v) is 7.69. The maximum atomic E-state index is 12.4. The van der Waals surface area contributed by atoms with Crippen LogP contribution in [0, 0.1) is 5.92 Å². The lowest BCUT2D eigenvalue weighted by molar-refractivity contribution is -0.143. The first-order valence-electron chi connectivity index (χ1n) is 6.89. The molecule has 0 aliphatic heterocycles. The summed E-state index contributed by atoms with van der Waals surface area (Å²) in [5.74, 6) is -2.45. The highest BCUT2D eigenvalue weighted by Gasteiger charge is 2.27. The number of halogens is 3. The van der Waals surface area contributed by atoms with Crippen molar-refractivity contribution in [2.75, 3.05) is 0 Å². The fourth-order valence-corrected chi connectivity index (χ4v) is 2.49. The van der Waals surface area contributed by atoms with Crippen LogP contribution in [0.4, 0.5) is 8.78 Å². The molecule has 22 heavy (non-hydrogen) atoms. The monoisotopic (exact) mass is 377 g/mol. The molecule has 0 aromatic heterocycles. The highest BCUT2D eigenvalue weighted by molar-refractivity contribution is 9.10. The lowest BCUT2D eigenvalue weighted by atomic mass is 9.95. The smallest absolute Gasteiger partial charge is 0.326 e. The van der Waals surface area contributed by atoms with Crippen LogP contribution in [0.5, 0.6) is 0 Å². The van der Waals surface area contributed by atoms with Gasteiger partial charge in [-0.1, -0.05) is 41.1 Å². The van der Waals surface area contributed by atoms with Crippen LogP contribution in [0.1, 0.15) is 25.3 Å². The van der Waals surface area contributed by atoms with E-state index in [1.807, 2.05) is 24.3 Å². The quantitative estimate of drug-likeness (QED) is 0.730. The second kappa shape index (κ2) is 8.82. The van der Waals surface area contributed by atoms with Gasteiger partial charge in [-0.2, -0.15) is 0 Å². The molecule has 0 heterocycles. The van der Waals surface area contributed by atoms with Crippen LogP contribution in [0.25, 0.3) is 0 Å². The van der Waals surface area contributed by atoms with Gasteiger partial charge in [-0.15, -0.1) is 0 Å². The number of carbonyl (C=O) groups is 2. The zero-order valence-electron chi connectivity index (χ0n) is 12.1. The van der Waals surface area contributed by atoms with Gasteiger partial charge < -0.3 is 10.4 Å². The molecule has 0 aliphatic rings. The van der Waals surface area contributed by atoms with Gasteiger partial charge in [0.15, 0.2) is 0 Å². The minimum Gasteiger partial charge on any atom is -0.480 e. The molecule has 1 rings (SSSR count). The van der Waals surface area contributed by atoms with E-state index in [-0.39, 0.29) is 0 Å². The van der Waals surface area contributed by atoms with Crippen molar-refractivity contribution in [3.05, 3.63) is 34.3 Å². The summed E-state index contributed by atoms with van der Waals surface area (Å²) in [5, 5.41) is 11.1. The van der Waals surface area contributed by atoms with Gasteiger partial charge in [0.1, 0.15) is 6.04 Å². The standard InChI is InChI=1S/C15H18BrF2NO3/c1-2-9(7-10-5-3-4-6-11(10)16)14(20)19-12(15(21)22)8-13(17)18/h3-6,9,12-13H,2,7-8H2,1H3,(H,19,20)(H,21,22). The maximum Gasteiger partial charge on any atom is 0.326 e. The van der Waals surface area contributed by atoms with Crippen LogP contribution in [0.3, 0.4) is 0 Å². The molecule has 2 atom stereocenters.